The highest BCUT2D eigenvalue weighted by atomic mass is 32.1. The Bertz CT molecular complexity index is 649. The lowest BCUT2D eigenvalue weighted by Gasteiger charge is -2.21. The Hall–Kier alpha value is -0.860. The fourth-order valence-electron chi connectivity index (χ4n) is 2.36. The van der Waals surface area contributed by atoms with Gasteiger partial charge in [-0.3, -0.25) is 0 Å². The maximum atomic E-state index is 4.69. The van der Waals surface area contributed by atoms with Gasteiger partial charge in [0, 0.05) is 9.79 Å². The van der Waals surface area contributed by atoms with E-state index in [9.17, 15) is 0 Å². The van der Waals surface area contributed by atoms with Gasteiger partial charge in [-0.1, -0.05) is 58.9 Å². The van der Waals surface area contributed by atoms with Crippen LogP contribution in [0.3, 0.4) is 0 Å². The topological polar surface area (TPSA) is 0 Å². The van der Waals surface area contributed by atoms with E-state index >= 15 is 0 Å². The SMILES string of the molecule is CC(C)c1ccc(-c2ccc(C(C)(C)C)cc2S)c(S)c1. The van der Waals surface area contributed by atoms with Gasteiger partial charge in [0.1, 0.15) is 0 Å². The van der Waals surface area contributed by atoms with Gasteiger partial charge in [0.25, 0.3) is 0 Å². The normalized spacial score (nSPS) is 12.0. The average Bonchev–Trinajstić information content (AvgIpc) is 2.38. The van der Waals surface area contributed by atoms with Crippen LogP contribution < -0.4 is 0 Å². The molecule has 2 heteroatoms. The monoisotopic (exact) mass is 316 g/mol. The minimum Gasteiger partial charge on any atom is -0.143 e. The van der Waals surface area contributed by atoms with Gasteiger partial charge in [-0.2, -0.15) is 0 Å². The summed E-state index contributed by atoms with van der Waals surface area (Å²) in [6.07, 6.45) is 0. The van der Waals surface area contributed by atoms with Gasteiger partial charge in [-0.15, -0.1) is 25.3 Å². The van der Waals surface area contributed by atoms with Crippen LogP contribution in [0.5, 0.6) is 0 Å². The first-order chi connectivity index (χ1) is 9.70. The van der Waals surface area contributed by atoms with Crippen LogP contribution >= 0.6 is 25.3 Å². The first-order valence-corrected chi connectivity index (χ1v) is 8.26. The van der Waals surface area contributed by atoms with Gasteiger partial charge in [0.2, 0.25) is 0 Å². The van der Waals surface area contributed by atoms with Crippen LogP contribution in [0.2, 0.25) is 0 Å². The predicted octanol–water partition coefficient (Wildman–Crippen LogP) is 6.35. The molecule has 2 aromatic rings. The molecule has 0 heterocycles. The minimum atomic E-state index is 0.140. The van der Waals surface area contributed by atoms with E-state index in [0.29, 0.717) is 5.92 Å². The first kappa shape index (κ1) is 16.5. The smallest absolute Gasteiger partial charge is 0.0122 e. The number of thiol groups is 2. The summed E-state index contributed by atoms with van der Waals surface area (Å²) in [6.45, 7) is 11.1. The quantitative estimate of drug-likeness (QED) is 0.592. The maximum absolute atomic E-state index is 4.69. The molecule has 112 valence electrons. The second-order valence-electron chi connectivity index (χ2n) is 6.91. The molecule has 0 N–H and O–H groups in total. The second-order valence-corrected chi connectivity index (χ2v) is 7.88. The predicted molar refractivity (Wildman–Crippen MR) is 99.2 cm³/mol. The molecular formula is C19H24S2. The van der Waals surface area contributed by atoms with Crippen molar-refractivity contribution in [1.29, 1.82) is 0 Å². The Labute approximate surface area is 139 Å². The minimum absolute atomic E-state index is 0.140. The van der Waals surface area contributed by atoms with E-state index in [1.54, 1.807) is 0 Å². The van der Waals surface area contributed by atoms with Crippen LogP contribution in [0.15, 0.2) is 46.2 Å². The summed E-state index contributed by atoms with van der Waals surface area (Å²) < 4.78 is 0. The van der Waals surface area contributed by atoms with Crippen molar-refractivity contribution in [3.63, 3.8) is 0 Å². The van der Waals surface area contributed by atoms with Gasteiger partial charge in [-0.05, 0) is 45.7 Å². The molecular weight excluding hydrogens is 292 g/mol. The van der Waals surface area contributed by atoms with Crippen molar-refractivity contribution in [1.82, 2.24) is 0 Å². The molecule has 0 bridgehead atoms. The Morgan fingerprint density at radius 3 is 1.76 bits per heavy atom. The van der Waals surface area contributed by atoms with E-state index < -0.39 is 0 Å². The summed E-state index contributed by atoms with van der Waals surface area (Å²) in [4.78, 5) is 2.02. The molecule has 0 unspecified atom stereocenters. The zero-order valence-corrected chi connectivity index (χ0v) is 15.2. The van der Waals surface area contributed by atoms with E-state index in [1.165, 1.54) is 11.1 Å². The van der Waals surface area contributed by atoms with Crippen LogP contribution in [-0.2, 0) is 5.41 Å². The largest absolute Gasteiger partial charge is 0.143 e. The van der Waals surface area contributed by atoms with E-state index in [1.807, 2.05) is 0 Å². The zero-order chi connectivity index (χ0) is 15.8. The van der Waals surface area contributed by atoms with E-state index in [-0.39, 0.29) is 5.41 Å². The molecule has 0 radical (unpaired) electrons. The molecule has 2 aromatic carbocycles. The van der Waals surface area contributed by atoms with E-state index in [4.69, 9.17) is 12.6 Å². The van der Waals surface area contributed by atoms with Crippen LogP contribution in [0, 0.1) is 0 Å². The molecule has 2 rings (SSSR count). The Morgan fingerprint density at radius 1 is 0.810 bits per heavy atom. The Kier molecular flexibility index (Phi) is 4.79. The molecule has 0 atom stereocenters. The fourth-order valence-corrected chi connectivity index (χ4v) is 3.04. The molecule has 0 aliphatic carbocycles. The van der Waals surface area contributed by atoms with Crippen molar-refractivity contribution in [3.8, 4) is 11.1 Å². The molecule has 0 fully saturated rings. The van der Waals surface area contributed by atoms with Crippen molar-refractivity contribution in [2.45, 2.75) is 55.7 Å². The summed E-state index contributed by atoms with van der Waals surface area (Å²) >= 11 is 9.36. The molecule has 0 saturated heterocycles. The lowest BCUT2D eigenvalue weighted by Crippen LogP contribution is -2.10. The zero-order valence-electron chi connectivity index (χ0n) is 13.4. The van der Waals surface area contributed by atoms with Crippen molar-refractivity contribution >= 4 is 25.3 Å². The van der Waals surface area contributed by atoms with Crippen molar-refractivity contribution in [2.24, 2.45) is 0 Å². The van der Waals surface area contributed by atoms with Gasteiger partial charge in [0.15, 0.2) is 0 Å². The van der Waals surface area contributed by atoms with Gasteiger partial charge in [0.05, 0.1) is 0 Å². The third kappa shape index (κ3) is 3.67. The highest BCUT2D eigenvalue weighted by Crippen LogP contribution is 2.35. The third-order valence-electron chi connectivity index (χ3n) is 3.84. The van der Waals surface area contributed by atoms with Crippen LogP contribution in [0.25, 0.3) is 11.1 Å². The molecule has 0 aliphatic heterocycles. The maximum Gasteiger partial charge on any atom is 0.0122 e. The van der Waals surface area contributed by atoms with Gasteiger partial charge >= 0.3 is 0 Å². The summed E-state index contributed by atoms with van der Waals surface area (Å²) in [5, 5.41) is 0. The molecule has 0 nitrogen and oxygen atoms in total. The molecule has 21 heavy (non-hydrogen) atoms. The van der Waals surface area contributed by atoms with Crippen LogP contribution in [-0.4, -0.2) is 0 Å². The van der Waals surface area contributed by atoms with Crippen molar-refractivity contribution in [3.05, 3.63) is 47.5 Å². The summed E-state index contributed by atoms with van der Waals surface area (Å²) in [6, 6.07) is 13.0. The number of hydrogen-bond acceptors (Lipinski definition) is 2. The lowest BCUT2D eigenvalue weighted by atomic mass is 9.86. The third-order valence-corrected chi connectivity index (χ3v) is 4.58. The second kappa shape index (κ2) is 6.10. The van der Waals surface area contributed by atoms with Gasteiger partial charge < -0.3 is 0 Å². The standard InChI is InChI=1S/C19H24S2/c1-12(2)13-6-8-15(17(20)10-13)16-9-7-14(11-18(16)21)19(3,4)5/h6-12,20-21H,1-5H3. The number of benzene rings is 2. The summed E-state index contributed by atoms with van der Waals surface area (Å²) in [7, 11) is 0. The summed E-state index contributed by atoms with van der Waals surface area (Å²) in [5.74, 6) is 0.517. The molecule has 0 spiro atoms. The molecule has 0 aromatic heterocycles. The van der Waals surface area contributed by atoms with E-state index in [0.717, 1.165) is 20.9 Å². The van der Waals surface area contributed by atoms with Crippen LogP contribution in [0.1, 0.15) is 51.7 Å². The lowest BCUT2D eigenvalue weighted by molar-refractivity contribution is 0.589. The first-order valence-electron chi connectivity index (χ1n) is 7.37. The number of rotatable bonds is 2. The van der Waals surface area contributed by atoms with Gasteiger partial charge in [-0.25, -0.2) is 0 Å². The van der Waals surface area contributed by atoms with Crippen molar-refractivity contribution in [2.75, 3.05) is 0 Å². The highest BCUT2D eigenvalue weighted by molar-refractivity contribution is 7.80. The molecule has 0 amide bonds. The number of hydrogen-bond donors (Lipinski definition) is 2. The Balaban J connectivity index is 2.48. The van der Waals surface area contributed by atoms with Crippen LogP contribution in [0.4, 0.5) is 0 Å². The molecule has 0 saturated carbocycles. The molecule has 0 aliphatic rings. The summed E-state index contributed by atoms with van der Waals surface area (Å²) in [5.41, 5.74) is 5.05. The van der Waals surface area contributed by atoms with E-state index in [2.05, 4.69) is 83.6 Å². The average molecular weight is 317 g/mol. The highest BCUT2D eigenvalue weighted by Gasteiger charge is 2.16. The fraction of sp³-hybridized carbons (Fsp3) is 0.368. The van der Waals surface area contributed by atoms with Crippen molar-refractivity contribution < 1.29 is 0 Å². The Morgan fingerprint density at radius 2 is 1.33 bits per heavy atom.